The summed E-state index contributed by atoms with van der Waals surface area (Å²) in [6.45, 7) is 9.65. The van der Waals surface area contributed by atoms with E-state index in [1.165, 1.54) is 13.0 Å². The maximum atomic E-state index is 11.5. The van der Waals surface area contributed by atoms with E-state index in [4.69, 9.17) is 9.53 Å². The Bertz CT molecular complexity index is 318. The van der Waals surface area contributed by atoms with Gasteiger partial charge in [0.15, 0.2) is 0 Å². The molecule has 98 valence electrons. The minimum atomic E-state index is -1.95. The fraction of sp³-hybridized carbons (Fsp3) is 0.667. The highest BCUT2D eigenvalue weighted by atomic mass is 28.4. The lowest BCUT2D eigenvalue weighted by Crippen LogP contribution is -2.34. The fourth-order valence-electron chi connectivity index (χ4n) is 1.70. The molecule has 0 aliphatic carbocycles. The van der Waals surface area contributed by atoms with Crippen molar-refractivity contribution in [3.63, 3.8) is 0 Å². The van der Waals surface area contributed by atoms with E-state index in [-0.39, 0.29) is 18.0 Å². The van der Waals surface area contributed by atoms with Gasteiger partial charge in [0.05, 0.1) is 6.42 Å². The first-order valence-electron chi connectivity index (χ1n) is 5.76. The third-order valence-corrected chi connectivity index (χ3v) is 4.78. The van der Waals surface area contributed by atoms with Crippen LogP contribution in [0.5, 0.6) is 0 Å². The summed E-state index contributed by atoms with van der Waals surface area (Å²) < 4.78 is 5.44. The van der Waals surface area contributed by atoms with Gasteiger partial charge < -0.3 is 9.53 Å². The van der Waals surface area contributed by atoms with Gasteiger partial charge in [-0.05, 0) is 32.0 Å². The molecule has 0 saturated carbocycles. The average Bonchev–Trinajstić information content (AvgIpc) is 2.10. The molecule has 0 amide bonds. The molecule has 0 fully saturated rings. The van der Waals surface area contributed by atoms with Crippen molar-refractivity contribution in [2.75, 3.05) is 0 Å². The van der Waals surface area contributed by atoms with Gasteiger partial charge in [0.25, 0.3) is 5.97 Å². The van der Waals surface area contributed by atoms with Gasteiger partial charge in [-0.3, -0.25) is 4.79 Å². The Labute approximate surface area is 104 Å². The van der Waals surface area contributed by atoms with Crippen molar-refractivity contribution in [1.29, 1.82) is 0 Å². The second-order valence-electron chi connectivity index (χ2n) is 5.23. The molecule has 1 N–H and O–H groups in total. The standard InChI is InChI=1S/C12H22O4Si/c1-9(2)8-17(4,5)16-11(13)7-6-10(3)12(14)15/h6,9H,7-8H2,1-5H3,(H,14,15). The highest BCUT2D eigenvalue weighted by molar-refractivity contribution is 6.72. The summed E-state index contributed by atoms with van der Waals surface area (Å²) >= 11 is 0. The predicted molar refractivity (Wildman–Crippen MR) is 69.2 cm³/mol. The van der Waals surface area contributed by atoms with Gasteiger partial charge >= 0.3 is 5.97 Å². The van der Waals surface area contributed by atoms with Crippen molar-refractivity contribution in [1.82, 2.24) is 0 Å². The lowest BCUT2D eigenvalue weighted by atomic mass is 10.2. The zero-order valence-corrected chi connectivity index (χ0v) is 12.2. The Morgan fingerprint density at radius 2 is 1.88 bits per heavy atom. The van der Waals surface area contributed by atoms with Crippen LogP contribution in [0.15, 0.2) is 11.6 Å². The number of aliphatic carboxylic acids is 1. The first-order chi connectivity index (χ1) is 7.64. The van der Waals surface area contributed by atoms with E-state index in [2.05, 4.69) is 13.8 Å². The molecule has 17 heavy (non-hydrogen) atoms. The third kappa shape index (κ3) is 7.74. The summed E-state index contributed by atoms with van der Waals surface area (Å²) in [6.07, 6.45) is 1.43. The number of carboxylic acid groups (broad SMARTS) is 1. The molecule has 0 aliphatic rings. The molecule has 0 radical (unpaired) electrons. The molecule has 0 saturated heterocycles. The molecule has 4 nitrogen and oxygen atoms in total. The molecular weight excluding hydrogens is 236 g/mol. The zero-order chi connectivity index (χ0) is 13.6. The molecule has 0 bridgehead atoms. The Morgan fingerprint density at radius 3 is 2.29 bits per heavy atom. The van der Waals surface area contributed by atoms with Crippen molar-refractivity contribution in [3.05, 3.63) is 11.6 Å². The normalized spacial score (nSPS) is 12.7. The van der Waals surface area contributed by atoms with E-state index >= 15 is 0 Å². The van der Waals surface area contributed by atoms with Crippen molar-refractivity contribution < 1.29 is 19.1 Å². The largest absolute Gasteiger partial charge is 0.519 e. The second kappa shape index (κ2) is 6.59. The molecule has 0 spiro atoms. The Hall–Kier alpha value is -1.10. The summed E-state index contributed by atoms with van der Waals surface area (Å²) in [5, 5.41) is 8.63. The maximum absolute atomic E-state index is 11.5. The molecule has 5 heteroatoms. The molecule has 0 heterocycles. The molecule has 0 aromatic rings. The fourth-order valence-corrected chi connectivity index (χ4v) is 4.45. The van der Waals surface area contributed by atoms with E-state index in [1.807, 2.05) is 13.1 Å². The van der Waals surface area contributed by atoms with Crippen LogP contribution in [-0.2, 0) is 14.0 Å². The van der Waals surface area contributed by atoms with Gasteiger partial charge in [0.1, 0.15) is 0 Å². The van der Waals surface area contributed by atoms with E-state index in [0.29, 0.717) is 5.92 Å². The van der Waals surface area contributed by atoms with Crippen LogP contribution in [0.4, 0.5) is 0 Å². The minimum Gasteiger partial charge on any atom is -0.519 e. The van der Waals surface area contributed by atoms with E-state index in [9.17, 15) is 9.59 Å². The van der Waals surface area contributed by atoms with E-state index in [1.54, 1.807) is 0 Å². The molecule has 0 aromatic heterocycles. The second-order valence-corrected chi connectivity index (χ2v) is 9.36. The molecule has 0 aromatic carbocycles. The molecule has 0 atom stereocenters. The van der Waals surface area contributed by atoms with Gasteiger partial charge in [-0.15, -0.1) is 0 Å². The van der Waals surface area contributed by atoms with Crippen molar-refractivity contribution in [2.45, 2.75) is 46.3 Å². The van der Waals surface area contributed by atoms with Crippen LogP contribution in [0.25, 0.3) is 0 Å². The van der Waals surface area contributed by atoms with Crippen LogP contribution in [0, 0.1) is 5.92 Å². The van der Waals surface area contributed by atoms with Crippen LogP contribution in [0.2, 0.25) is 19.1 Å². The van der Waals surface area contributed by atoms with E-state index in [0.717, 1.165) is 6.04 Å². The number of hydrogen-bond acceptors (Lipinski definition) is 3. The molecular formula is C12H22O4Si. The number of rotatable bonds is 6. The minimum absolute atomic E-state index is 0.0344. The lowest BCUT2D eigenvalue weighted by molar-refractivity contribution is -0.134. The zero-order valence-electron chi connectivity index (χ0n) is 11.2. The van der Waals surface area contributed by atoms with E-state index < -0.39 is 14.3 Å². The summed E-state index contributed by atoms with van der Waals surface area (Å²) in [6, 6.07) is 0.917. The first-order valence-corrected chi connectivity index (χ1v) is 8.87. The smallest absolute Gasteiger partial charge is 0.330 e. The summed E-state index contributed by atoms with van der Waals surface area (Å²) in [5.41, 5.74) is 0.172. The molecule has 0 unspecified atom stereocenters. The lowest BCUT2D eigenvalue weighted by Gasteiger charge is -2.24. The van der Waals surface area contributed by atoms with Crippen LogP contribution in [-0.4, -0.2) is 25.4 Å². The monoisotopic (exact) mass is 258 g/mol. The number of carbonyl (C=O) groups excluding carboxylic acids is 1. The van der Waals surface area contributed by atoms with Gasteiger partial charge in [-0.1, -0.05) is 19.9 Å². The number of carbonyl (C=O) groups is 2. The molecule has 0 aliphatic heterocycles. The van der Waals surface area contributed by atoms with Crippen molar-refractivity contribution >= 4 is 20.3 Å². The van der Waals surface area contributed by atoms with Crippen LogP contribution >= 0.6 is 0 Å². The van der Waals surface area contributed by atoms with Gasteiger partial charge in [0, 0.05) is 5.57 Å². The van der Waals surface area contributed by atoms with Crippen LogP contribution in [0.1, 0.15) is 27.2 Å². The first kappa shape index (κ1) is 15.9. The third-order valence-electron chi connectivity index (χ3n) is 2.20. The number of carboxylic acids is 1. The SMILES string of the molecule is CC(=CCC(=O)O[Si](C)(C)CC(C)C)C(=O)O. The quantitative estimate of drug-likeness (QED) is 0.588. The number of hydrogen-bond donors (Lipinski definition) is 1. The van der Waals surface area contributed by atoms with Gasteiger partial charge in [-0.25, -0.2) is 4.79 Å². The van der Waals surface area contributed by atoms with Gasteiger partial charge in [-0.2, -0.15) is 0 Å². The Kier molecular flexibility index (Phi) is 6.16. The van der Waals surface area contributed by atoms with Crippen LogP contribution < -0.4 is 0 Å². The average molecular weight is 258 g/mol. The highest BCUT2D eigenvalue weighted by Gasteiger charge is 2.27. The summed E-state index contributed by atoms with van der Waals surface area (Å²) in [5.74, 6) is -0.833. The summed E-state index contributed by atoms with van der Waals surface area (Å²) in [4.78, 5) is 22.1. The summed E-state index contributed by atoms with van der Waals surface area (Å²) in [7, 11) is -1.95. The topological polar surface area (TPSA) is 63.6 Å². The van der Waals surface area contributed by atoms with Gasteiger partial charge in [0.2, 0.25) is 8.32 Å². The maximum Gasteiger partial charge on any atom is 0.330 e. The Morgan fingerprint density at radius 1 is 1.35 bits per heavy atom. The molecule has 0 rings (SSSR count). The van der Waals surface area contributed by atoms with Crippen LogP contribution in [0.3, 0.4) is 0 Å². The Balaban J connectivity index is 4.27. The van der Waals surface area contributed by atoms with Crippen molar-refractivity contribution in [2.24, 2.45) is 5.92 Å². The highest BCUT2D eigenvalue weighted by Crippen LogP contribution is 2.18. The predicted octanol–water partition coefficient (Wildman–Crippen LogP) is 2.81. The van der Waals surface area contributed by atoms with Crippen molar-refractivity contribution in [3.8, 4) is 0 Å².